The van der Waals surface area contributed by atoms with Crippen LogP contribution in [0.2, 0.25) is 0 Å². The van der Waals surface area contributed by atoms with Crippen LogP contribution < -0.4 is 14.9 Å². The van der Waals surface area contributed by atoms with Gasteiger partial charge < -0.3 is 19.0 Å². The van der Waals surface area contributed by atoms with E-state index in [-0.39, 0.29) is 12.4 Å². The molecule has 0 amide bonds. The molecule has 6 nitrogen and oxygen atoms in total. The smallest absolute Gasteiger partial charge is 0.371 e. The van der Waals surface area contributed by atoms with Crippen LogP contribution in [-0.2, 0) is 0 Å². The van der Waals surface area contributed by atoms with Crippen molar-refractivity contribution >= 4 is 16.7 Å². The Morgan fingerprint density at radius 1 is 1.00 bits per heavy atom. The van der Waals surface area contributed by atoms with Crippen molar-refractivity contribution in [1.82, 2.24) is 0 Å². The number of carboxylic acid groups (broad SMARTS) is 1. The summed E-state index contributed by atoms with van der Waals surface area (Å²) >= 11 is 0. The van der Waals surface area contributed by atoms with Crippen molar-refractivity contribution in [3.8, 4) is 11.5 Å². The summed E-state index contributed by atoms with van der Waals surface area (Å²) in [5.41, 5.74) is -0.529. The molecule has 2 aromatic carbocycles. The van der Waals surface area contributed by atoms with E-state index in [1.807, 2.05) is 42.5 Å². The highest BCUT2D eigenvalue weighted by atomic mass is 16.5. The van der Waals surface area contributed by atoms with Crippen molar-refractivity contribution < 1.29 is 23.8 Å². The minimum absolute atomic E-state index is 0.0179. The van der Waals surface area contributed by atoms with Gasteiger partial charge in [0.05, 0.1) is 13.2 Å². The molecular formula is C19H16O6. The first kappa shape index (κ1) is 16.6. The molecule has 0 aliphatic rings. The maximum Gasteiger partial charge on any atom is 0.371 e. The van der Waals surface area contributed by atoms with Gasteiger partial charge in [-0.3, -0.25) is 4.79 Å². The van der Waals surface area contributed by atoms with Crippen molar-refractivity contribution in [3.05, 3.63) is 70.8 Å². The average Bonchev–Trinajstić information content (AvgIpc) is 2.62. The van der Waals surface area contributed by atoms with Gasteiger partial charge in [-0.05, 0) is 22.9 Å². The van der Waals surface area contributed by atoms with E-state index in [2.05, 4.69) is 0 Å². The largest absolute Gasteiger partial charge is 0.493 e. The Balaban J connectivity index is 1.48. The van der Waals surface area contributed by atoms with Crippen molar-refractivity contribution in [2.45, 2.75) is 6.42 Å². The molecule has 0 aliphatic heterocycles. The van der Waals surface area contributed by atoms with E-state index in [0.29, 0.717) is 13.0 Å². The van der Waals surface area contributed by atoms with Crippen molar-refractivity contribution in [2.24, 2.45) is 0 Å². The molecule has 3 rings (SSSR count). The Morgan fingerprint density at radius 3 is 2.52 bits per heavy atom. The number of benzene rings is 2. The molecular weight excluding hydrogens is 324 g/mol. The maximum atomic E-state index is 11.7. The zero-order valence-corrected chi connectivity index (χ0v) is 13.3. The number of ether oxygens (including phenoxy) is 2. The van der Waals surface area contributed by atoms with Crippen LogP contribution in [0.1, 0.15) is 17.0 Å². The fourth-order valence-corrected chi connectivity index (χ4v) is 2.30. The fourth-order valence-electron chi connectivity index (χ4n) is 2.30. The number of fused-ring (bicyclic) bond motifs is 1. The van der Waals surface area contributed by atoms with Gasteiger partial charge >= 0.3 is 5.97 Å². The molecule has 0 bridgehead atoms. The molecule has 1 heterocycles. The average molecular weight is 340 g/mol. The number of hydrogen-bond donors (Lipinski definition) is 1. The van der Waals surface area contributed by atoms with E-state index < -0.39 is 17.2 Å². The van der Waals surface area contributed by atoms with Crippen LogP contribution in [0.5, 0.6) is 11.5 Å². The van der Waals surface area contributed by atoms with Gasteiger partial charge in [0.15, 0.2) is 0 Å². The van der Waals surface area contributed by atoms with Crippen LogP contribution in [-0.4, -0.2) is 24.3 Å². The Kier molecular flexibility index (Phi) is 4.99. The molecule has 3 aromatic rings. The molecule has 0 saturated carbocycles. The summed E-state index contributed by atoms with van der Waals surface area (Å²) in [6, 6.07) is 14.8. The summed E-state index contributed by atoms with van der Waals surface area (Å²) in [6.45, 7) is 0.682. The molecule has 0 saturated heterocycles. The number of carboxylic acids is 1. The van der Waals surface area contributed by atoms with Gasteiger partial charge in [0.2, 0.25) is 16.9 Å². The summed E-state index contributed by atoms with van der Waals surface area (Å²) in [5.74, 6) is -0.968. The second-order valence-corrected chi connectivity index (χ2v) is 5.34. The van der Waals surface area contributed by atoms with Gasteiger partial charge in [0, 0.05) is 12.5 Å². The lowest BCUT2D eigenvalue weighted by Crippen LogP contribution is -2.12. The zero-order chi connectivity index (χ0) is 17.6. The van der Waals surface area contributed by atoms with Crippen LogP contribution in [0.4, 0.5) is 0 Å². The third-order valence-electron chi connectivity index (χ3n) is 3.54. The number of hydrogen-bond acceptors (Lipinski definition) is 5. The van der Waals surface area contributed by atoms with Crippen LogP contribution in [0.15, 0.2) is 64.0 Å². The molecule has 0 radical (unpaired) electrons. The Bertz CT molecular complexity index is 944. The van der Waals surface area contributed by atoms with Crippen LogP contribution in [0, 0.1) is 0 Å². The van der Waals surface area contributed by atoms with Gasteiger partial charge in [-0.2, -0.15) is 0 Å². The summed E-state index contributed by atoms with van der Waals surface area (Å²) in [4.78, 5) is 22.4. The molecule has 25 heavy (non-hydrogen) atoms. The zero-order valence-electron chi connectivity index (χ0n) is 13.3. The monoisotopic (exact) mass is 340 g/mol. The lowest BCUT2D eigenvalue weighted by Gasteiger charge is -2.08. The predicted octanol–water partition coefficient (Wildman–Crippen LogP) is 3.34. The summed E-state index contributed by atoms with van der Waals surface area (Å²) in [5, 5.41) is 11.0. The lowest BCUT2D eigenvalue weighted by atomic mass is 10.1. The second kappa shape index (κ2) is 7.53. The highest BCUT2D eigenvalue weighted by molar-refractivity contribution is 5.84. The third kappa shape index (κ3) is 4.17. The van der Waals surface area contributed by atoms with Crippen molar-refractivity contribution in [2.75, 3.05) is 13.2 Å². The van der Waals surface area contributed by atoms with E-state index >= 15 is 0 Å². The first-order valence-electron chi connectivity index (χ1n) is 7.74. The Labute approximate surface area is 143 Å². The highest BCUT2D eigenvalue weighted by Crippen LogP contribution is 2.20. The van der Waals surface area contributed by atoms with E-state index in [9.17, 15) is 9.59 Å². The van der Waals surface area contributed by atoms with Gasteiger partial charge in [-0.1, -0.05) is 30.3 Å². The predicted molar refractivity (Wildman–Crippen MR) is 91.5 cm³/mol. The molecule has 1 N–H and O–H groups in total. The van der Waals surface area contributed by atoms with Gasteiger partial charge in [-0.25, -0.2) is 4.79 Å². The van der Waals surface area contributed by atoms with E-state index in [1.54, 1.807) is 0 Å². The highest BCUT2D eigenvalue weighted by Gasteiger charge is 2.10. The molecule has 128 valence electrons. The van der Waals surface area contributed by atoms with Crippen LogP contribution in [0.3, 0.4) is 0 Å². The molecule has 0 fully saturated rings. The minimum Gasteiger partial charge on any atom is -0.493 e. The summed E-state index contributed by atoms with van der Waals surface area (Å²) in [6.07, 6.45) is 1.57. The summed E-state index contributed by atoms with van der Waals surface area (Å²) in [7, 11) is 0. The first-order chi connectivity index (χ1) is 12.1. The van der Waals surface area contributed by atoms with Crippen molar-refractivity contribution in [1.29, 1.82) is 0 Å². The molecule has 6 heteroatoms. The number of aromatic carboxylic acids is 1. The van der Waals surface area contributed by atoms with E-state index in [1.165, 1.54) is 0 Å². The minimum atomic E-state index is -1.30. The van der Waals surface area contributed by atoms with Crippen LogP contribution in [0.25, 0.3) is 10.8 Å². The number of rotatable bonds is 7. The molecule has 0 aliphatic carbocycles. The molecule has 1 aromatic heterocycles. The van der Waals surface area contributed by atoms with Gasteiger partial charge in [-0.15, -0.1) is 0 Å². The van der Waals surface area contributed by atoms with Gasteiger partial charge in [0.25, 0.3) is 0 Å². The first-order valence-corrected chi connectivity index (χ1v) is 7.74. The van der Waals surface area contributed by atoms with Crippen LogP contribution >= 0.6 is 0 Å². The molecule has 0 spiro atoms. The van der Waals surface area contributed by atoms with E-state index in [0.717, 1.165) is 28.9 Å². The normalized spacial score (nSPS) is 10.6. The molecule has 0 atom stereocenters. The Morgan fingerprint density at radius 2 is 1.76 bits per heavy atom. The standard InChI is InChI=1S/C19H16O6/c20-16-11-17(19(21)22)25-12-18(16)24-9-3-8-23-15-7-6-13-4-1-2-5-14(13)10-15/h1-2,4-7,10-12H,3,8-9H2,(H,21,22). The number of carbonyl (C=O) groups is 1. The van der Waals surface area contributed by atoms with Crippen molar-refractivity contribution in [3.63, 3.8) is 0 Å². The van der Waals surface area contributed by atoms with Gasteiger partial charge in [0.1, 0.15) is 12.0 Å². The van der Waals surface area contributed by atoms with E-state index in [4.69, 9.17) is 19.0 Å². The fraction of sp³-hybridized carbons (Fsp3) is 0.158. The quantitative estimate of drug-likeness (QED) is 0.664. The Hall–Kier alpha value is -3.28. The molecule has 0 unspecified atom stereocenters. The lowest BCUT2D eigenvalue weighted by molar-refractivity contribution is 0.0658. The topological polar surface area (TPSA) is 86.0 Å². The second-order valence-electron chi connectivity index (χ2n) is 5.34. The summed E-state index contributed by atoms with van der Waals surface area (Å²) < 4.78 is 15.8. The maximum absolute atomic E-state index is 11.7. The third-order valence-corrected chi connectivity index (χ3v) is 3.54. The SMILES string of the molecule is O=C(O)c1cc(=O)c(OCCCOc2ccc3ccccc3c2)co1.